The second kappa shape index (κ2) is 6.59. The Hall–Kier alpha value is -1.44. The number of thioether (sulfide) groups is 1. The summed E-state index contributed by atoms with van der Waals surface area (Å²) in [5.74, 6) is 2.38. The topological polar surface area (TPSA) is 44.8 Å². The van der Waals surface area contributed by atoms with Crippen molar-refractivity contribution in [2.45, 2.75) is 31.5 Å². The van der Waals surface area contributed by atoms with E-state index in [1.807, 2.05) is 19.3 Å². The molecule has 0 bridgehead atoms. The lowest BCUT2D eigenvalue weighted by Gasteiger charge is -2.41. The van der Waals surface area contributed by atoms with Gasteiger partial charge in [0.1, 0.15) is 17.8 Å². The number of alkyl halides is 3. The van der Waals surface area contributed by atoms with Crippen molar-refractivity contribution >= 4 is 28.6 Å². The molecule has 0 aromatic carbocycles. The number of nitrogens with one attached hydrogen (secondary N) is 1. The summed E-state index contributed by atoms with van der Waals surface area (Å²) < 4.78 is 36.3. The van der Waals surface area contributed by atoms with E-state index in [0.717, 1.165) is 35.4 Å². The van der Waals surface area contributed by atoms with Crippen LogP contribution in [0.4, 0.5) is 19.0 Å². The molecule has 0 atom stereocenters. The zero-order chi connectivity index (χ0) is 16.4. The first kappa shape index (κ1) is 16.4. The molecule has 1 N–H and O–H groups in total. The van der Waals surface area contributed by atoms with E-state index in [1.165, 1.54) is 11.8 Å². The second-order valence-electron chi connectivity index (χ2n) is 5.98. The number of nitrogens with zero attached hydrogens (tertiary/aromatic N) is 3. The van der Waals surface area contributed by atoms with Crippen LogP contribution in [0.5, 0.6) is 0 Å². The first-order valence-corrected chi connectivity index (χ1v) is 8.75. The molecule has 126 valence electrons. The van der Waals surface area contributed by atoms with Gasteiger partial charge in [-0.05, 0) is 30.6 Å². The Morgan fingerprint density at radius 2 is 2.13 bits per heavy atom. The van der Waals surface area contributed by atoms with E-state index in [2.05, 4.69) is 19.9 Å². The van der Waals surface area contributed by atoms with Gasteiger partial charge in [-0.15, -0.1) is 0 Å². The summed E-state index contributed by atoms with van der Waals surface area (Å²) in [7, 11) is 2.02. The van der Waals surface area contributed by atoms with Gasteiger partial charge in [-0.1, -0.05) is 0 Å². The quantitative estimate of drug-likeness (QED) is 0.808. The molecule has 4 nitrogen and oxygen atoms in total. The average Bonchev–Trinajstić information content (AvgIpc) is 2.91. The lowest BCUT2D eigenvalue weighted by atomic mass is 9.81. The van der Waals surface area contributed by atoms with Crippen LogP contribution in [-0.4, -0.2) is 45.7 Å². The van der Waals surface area contributed by atoms with Gasteiger partial charge in [0.2, 0.25) is 0 Å². The Kier molecular flexibility index (Phi) is 4.70. The van der Waals surface area contributed by atoms with E-state index < -0.39 is 12.6 Å². The molecule has 0 saturated heterocycles. The normalized spacial score (nSPS) is 21.4. The molecule has 2 heterocycles. The first-order chi connectivity index (χ1) is 10.9. The number of halogens is 3. The van der Waals surface area contributed by atoms with Crippen molar-refractivity contribution in [1.82, 2.24) is 15.0 Å². The van der Waals surface area contributed by atoms with Crippen LogP contribution < -0.4 is 4.90 Å². The van der Waals surface area contributed by atoms with E-state index in [4.69, 9.17) is 0 Å². The highest BCUT2D eigenvalue weighted by molar-refractivity contribution is 7.99. The predicted molar refractivity (Wildman–Crippen MR) is 86.8 cm³/mol. The van der Waals surface area contributed by atoms with E-state index in [-0.39, 0.29) is 5.75 Å². The monoisotopic (exact) mass is 344 g/mol. The van der Waals surface area contributed by atoms with Crippen LogP contribution in [0, 0.1) is 5.92 Å². The lowest BCUT2D eigenvalue weighted by Crippen LogP contribution is -2.44. The summed E-state index contributed by atoms with van der Waals surface area (Å²) in [5.41, 5.74) is 0.820. The number of fused-ring (bicyclic) bond motifs is 1. The van der Waals surface area contributed by atoms with E-state index in [9.17, 15) is 13.2 Å². The van der Waals surface area contributed by atoms with Gasteiger partial charge < -0.3 is 9.88 Å². The van der Waals surface area contributed by atoms with Crippen molar-refractivity contribution in [2.75, 3.05) is 23.5 Å². The van der Waals surface area contributed by atoms with Crippen LogP contribution in [0.2, 0.25) is 0 Å². The molecule has 1 fully saturated rings. The Morgan fingerprint density at radius 3 is 2.87 bits per heavy atom. The zero-order valence-electron chi connectivity index (χ0n) is 12.8. The van der Waals surface area contributed by atoms with Gasteiger partial charge in [0.25, 0.3) is 0 Å². The molecule has 1 aliphatic rings. The minimum atomic E-state index is -4.04. The molecule has 0 aliphatic heterocycles. The number of hydrogen-bond donors (Lipinski definition) is 1. The third kappa shape index (κ3) is 3.91. The van der Waals surface area contributed by atoms with Crippen LogP contribution in [0.1, 0.15) is 19.3 Å². The van der Waals surface area contributed by atoms with Crippen LogP contribution in [0.15, 0.2) is 18.6 Å². The van der Waals surface area contributed by atoms with E-state index in [0.29, 0.717) is 12.0 Å². The molecule has 0 unspecified atom stereocenters. The van der Waals surface area contributed by atoms with Crippen molar-refractivity contribution in [3.05, 3.63) is 18.6 Å². The zero-order valence-corrected chi connectivity index (χ0v) is 13.6. The maximum absolute atomic E-state index is 12.1. The van der Waals surface area contributed by atoms with Crippen molar-refractivity contribution in [3.63, 3.8) is 0 Å². The highest BCUT2D eigenvalue weighted by Gasteiger charge is 2.33. The van der Waals surface area contributed by atoms with Crippen LogP contribution in [0.25, 0.3) is 11.0 Å². The number of hydrogen-bond acceptors (Lipinski definition) is 4. The molecular weight excluding hydrogens is 325 g/mol. The summed E-state index contributed by atoms with van der Waals surface area (Å²) in [5, 5.41) is 0.998. The molecule has 2 aromatic heterocycles. The summed E-state index contributed by atoms with van der Waals surface area (Å²) in [6.07, 6.45) is 0.673. The summed E-state index contributed by atoms with van der Waals surface area (Å²) in [6.45, 7) is 0. The fourth-order valence-corrected chi connectivity index (χ4v) is 4.05. The molecule has 1 aliphatic carbocycles. The Labute approximate surface area is 136 Å². The van der Waals surface area contributed by atoms with E-state index >= 15 is 0 Å². The minimum Gasteiger partial charge on any atom is -0.356 e. The van der Waals surface area contributed by atoms with Gasteiger partial charge in [0, 0.05) is 25.0 Å². The Morgan fingerprint density at radius 1 is 1.35 bits per heavy atom. The van der Waals surface area contributed by atoms with Gasteiger partial charge in [0.15, 0.2) is 0 Å². The average molecular weight is 344 g/mol. The second-order valence-corrected chi connectivity index (χ2v) is 7.13. The van der Waals surface area contributed by atoms with Crippen LogP contribution >= 0.6 is 11.8 Å². The molecule has 0 spiro atoms. The smallest absolute Gasteiger partial charge is 0.356 e. The molecule has 2 aromatic rings. The molecule has 8 heteroatoms. The summed E-state index contributed by atoms with van der Waals surface area (Å²) >= 11 is 1.41. The number of H-pyrrole nitrogens is 1. The van der Waals surface area contributed by atoms with Gasteiger partial charge in [-0.2, -0.15) is 24.9 Å². The number of anilines is 1. The lowest BCUT2D eigenvalue weighted by molar-refractivity contribution is -0.129. The molecule has 0 amide bonds. The first-order valence-electron chi connectivity index (χ1n) is 7.59. The van der Waals surface area contributed by atoms with E-state index in [1.54, 1.807) is 6.33 Å². The maximum atomic E-state index is 12.1. The third-order valence-corrected chi connectivity index (χ3v) is 5.51. The van der Waals surface area contributed by atoms with Crippen molar-refractivity contribution in [3.8, 4) is 0 Å². The third-order valence-electron chi connectivity index (χ3n) is 4.31. The van der Waals surface area contributed by atoms with Crippen molar-refractivity contribution in [2.24, 2.45) is 5.92 Å². The highest BCUT2D eigenvalue weighted by Crippen LogP contribution is 2.37. The fraction of sp³-hybridized carbons (Fsp3) is 0.600. The summed E-state index contributed by atoms with van der Waals surface area (Å²) in [4.78, 5) is 13.8. The van der Waals surface area contributed by atoms with Crippen LogP contribution in [-0.2, 0) is 0 Å². The predicted octanol–water partition coefficient (Wildman–Crippen LogP) is 3.86. The standard InChI is InChI=1S/C15H19F3N4S/c1-22(14-12-2-4-19-13(12)20-9-21-14)11-6-10(7-11)8-23-5-3-15(16,17)18/h2,4,9-11H,3,5-8H2,1H3,(H,19,20,21). The van der Waals surface area contributed by atoms with Gasteiger partial charge in [-0.3, -0.25) is 0 Å². The molecule has 23 heavy (non-hydrogen) atoms. The molecule has 3 rings (SSSR count). The van der Waals surface area contributed by atoms with Crippen molar-refractivity contribution in [1.29, 1.82) is 0 Å². The van der Waals surface area contributed by atoms with Crippen LogP contribution in [0.3, 0.4) is 0 Å². The SMILES string of the molecule is CN(c1ncnc2[nH]ccc12)C1CC(CSCCC(F)(F)F)C1. The minimum absolute atomic E-state index is 0.163. The summed E-state index contributed by atoms with van der Waals surface area (Å²) in [6, 6.07) is 2.36. The molecular formula is C15H19F3N4S. The molecule has 1 saturated carbocycles. The number of rotatable bonds is 6. The van der Waals surface area contributed by atoms with Gasteiger partial charge in [-0.25, -0.2) is 9.97 Å². The number of aromatic nitrogens is 3. The number of aromatic amines is 1. The maximum Gasteiger partial charge on any atom is 0.389 e. The fourth-order valence-electron chi connectivity index (χ4n) is 2.90. The largest absolute Gasteiger partial charge is 0.389 e. The van der Waals surface area contributed by atoms with Crippen molar-refractivity contribution < 1.29 is 13.2 Å². The van der Waals surface area contributed by atoms with Gasteiger partial charge >= 0.3 is 6.18 Å². The van der Waals surface area contributed by atoms with Gasteiger partial charge in [0.05, 0.1) is 11.8 Å². The Balaban J connectivity index is 1.47. The Bertz CT molecular complexity index is 651. The highest BCUT2D eigenvalue weighted by atomic mass is 32.2. The molecule has 0 radical (unpaired) electrons.